The van der Waals surface area contributed by atoms with Crippen molar-refractivity contribution in [1.29, 1.82) is 0 Å². The van der Waals surface area contributed by atoms with Crippen molar-refractivity contribution in [3.05, 3.63) is 12.0 Å². The van der Waals surface area contributed by atoms with E-state index in [1.54, 1.807) is 24.7 Å². The Balaban J connectivity index is 3.19. The molecule has 19 heavy (non-hydrogen) atoms. The summed E-state index contributed by atoms with van der Waals surface area (Å²) in [6.07, 6.45) is 3.07. The second kappa shape index (κ2) is 6.72. The van der Waals surface area contributed by atoms with Gasteiger partial charge in [-0.1, -0.05) is 13.8 Å². The molecule has 0 radical (unpaired) electrons. The van der Waals surface area contributed by atoms with E-state index in [0.717, 1.165) is 12.8 Å². The van der Waals surface area contributed by atoms with Crippen molar-refractivity contribution >= 4 is 21.6 Å². The average molecular weight is 308 g/mol. The lowest BCUT2D eigenvalue weighted by Crippen LogP contribution is -2.41. The van der Waals surface area contributed by atoms with Crippen LogP contribution in [0.3, 0.4) is 0 Å². The first-order valence-corrected chi connectivity index (χ1v) is 8.43. The van der Waals surface area contributed by atoms with E-state index < -0.39 is 10.0 Å². The van der Waals surface area contributed by atoms with E-state index in [1.807, 2.05) is 13.8 Å². The highest BCUT2D eigenvalue weighted by Crippen LogP contribution is 2.20. The third-order valence-electron chi connectivity index (χ3n) is 3.31. The van der Waals surface area contributed by atoms with Gasteiger partial charge in [-0.05, 0) is 19.8 Å². The molecular formula is C12H22ClN3O2S. The SMILES string of the molecule is CCC(CC)N(CCCl)S(=O)(=O)c1cn(C)c(C)n1. The molecule has 0 aliphatic rings. The Hall–Kier alpha value is -0.590. The Bertz CT molecular complexity index is 490. The lowest BCUT2D eigenvalue weighted by atomic mass is 10.2. The fourth-order valence-electron chi connectivity index (χ4n) is 2.05. The molecular weight excluding hydrogens is 286 g/mol. The zero-order valence-electron chi connectivity index (χ0n) is 11.9. The largest absolute Gasteiger partial charge is 0.337 e. The van der Waals surface area contributed by atoms with E-state index in [2.05, 4.69) is 4.98 Å². The Morgan fingerprint density at radius 2 is 2.00 bits per heavy atom. The van der Waals surface area contributed by atoms with Crippen LogP contribution in [0.4, 0.5) is 0 Å². The molecule has 0 aliphatic heterocycles. The number of hydrogen-bond donors (Lipinski definition) is 0. The summed E-state index contributed by atoms with van der Waals surface area (Å²) in [5.41, 5.74) is 0. The fourth-order valence-corrected chi connectivity index (χ4v) is 4.13. The Labute approximate surface area is 120 Å². The standard InChI is InChI=1S/C12H22ClN3O2S/c1-5-11(6-2)16(8-7-13)19(17,18)12-9-15(4)10(3)14-12/h9,11H,5-8H2,1-4H3. The van der Waals surface area contributed by atoms with Crippen LogP contribution in [0.5, 0.6) is 0 Å². The first-order valence-electron chi connectivity index (χ1n) is 6.46. The molecule has 1 aromatic heterocycles. The maximum absolute atomic E-state index is 12.6. The van der Waals surface area contributed by atoms with Crippen LogP contribution in [0, 0.1) is 6.92 Å². The molecule has 0 amide bonds. The second-order valence-electron chi connectivity index (χ2n) is 4.51. The molecule has 0 atom stereocenters. The Morgan fingerprint density at radius 1 is 1.42 bits per heavy atom. The number of rotatable bonds is 7. The average Bonchev–Trinajstić information content (AvgIpc) is 2.70. The summed E-state index contributed by atoms with van der Waals surface area (Å²) in [6, 6.07) is -0.0361. The highest BCUT2D eigenvalue weighted by molar-refractivity contribution is 7.89. The minimum Gasteiger partial charge on any atom is -0.337 e. The smallest absolute Gasteiger partial charge is 0.262 e. The van der Waals surface area contributed by atoms with E-state index in [4.69, 9.17) is 11.6 Å². The lowest BCUT2D eigenvalue weighted by molar-refractivity contribution is 0.315. The van der Waals surface area contributed by atoms with Crippen molar-refractivity contribution in [2.75, 3.05) is 12.4 Å². The van der Waals surface area contributed by atoms with Crippen molar-refractivity contribution in [3.8, 4) is 0 Å². The first-order chi connectivity index (χ1) is 8.88. The van der Waals surface area contributed by atoms with Gasteiger partial charge in [-0.15, -0.1) is 11.6 Å². The normalized spacial score (nSPS) is 12.6. The van der Waals surface area contributed by atoms with E-state index in [9.17, 15) is 8.42 Å². The molecule has 0 unspecified atom stereocenters. The van der Waals surface area contributed by atoms with Crippen molar-refractivity contribution in [2.24, 2.45) is 7.05 Å². The summed E-state index contributed by atoms with van der Waals surface area (Å²) in [5.74, 6) is 0.954. The van der Waals surface area contributed by atoms with Crippen LogP contribution in [-0.2, 0) is 17.1 Å². The number of aryl methyl sites for hydroxylation is 2. The zero-order valence-corrected chi connectivity index (χ0v) is 13.5. The molecule has 1 heterocycles. The van der Waals surface area contributed by atoms with Gasteiger partial charge in [0.15, 0.2) is 5.03 Å². The van der Waals surface area contributed by atoms with Crippen LogP contribution in [-0.4, -0.2) is 40.7 Å². The van der Waals surface area contributed by atoms with Gasteiger partial charge in [-0.3, -0.25) is 0 Å². The summed E-state index contributed by atoms with van der Waals surface area (Å²) in [5, 5.41) is 0.101. The first kappa shape index (κ1) is 16.5. The van der Waals surface area contributed by atoms with Crippen LogP contribution in [0.15, 0.2) is 11.2 Å². The van der Waals surface area contributed by atoms with Crippen LogP contribution >= 0.6 is 11.6 Å². The predicted molar refractivity (Wildman–Crippen MR) is 76.9 cm³/mol. The molecule has 7 heteroatoms. The summed E-state index contributed by atoms with van der Waals surface area (Å²) in [4.78, 5) is 4.13. The Kier molecular flexibility index (Phi) is 5.82. The number of imidazole rings is 1. The molecule has 0 N–H and O–H groups in total. The lowest BCUT2D eigenvalue weighted by Gasteiger charge is -2.28. The molecule has 5 nitrogen and oxygen atoms in total. The zero-order chi connectivity index (χ0) is 14.6. The number of nitrogens with zero attached hydrogens (tertiary/aromatic N) is 3. The minimum atomic E-state index is -3.57. The molecule has 1 rings (SSSR count). The number of aromatic nitrogens is 2. The molecule has 0 bridgehead atoms. The molecule has 1 aromatic rings. The maximum atomic E-state index is 12.6. The predicted octanol–water partition coefficient (Wildman–Crippen LogP) is 2.15. The van der Waals surface area contributed by atoms with E-state index in [-0.39, 0.29) is 16.9 Å². The van der Waals surface area contributed by atoms with Crippen molar-refractivity contribution < 1.29 is 8.42 Å². The van der Waals surface area contributed by atoms with E-state index in [1.165, 1.54) is 4.31 Å². The van der Waals surface area contributed by atoms with E-state index in [0.29, 0.717) is 12.4 Å². The van der Waals surface area contributed by atoms with Gasteiger partial charge in [0.05, 0.1) is 0 Å². The van der Waals surface area contributed by atoms with Crippen LogP contribution < -0.4 is 0 Å². The van der Waals surface area contributed by atoms with Crippen LogP contribution in [0.25, 0.3) is 0 Å². The highest BCUT2D eigenvalue weighted by atomic mass is 35.5. The summed E-state index contributed by atoms with van der Waals surface area (Å²) in [7, 11) is -1.79. The second-order valence-corrected chi connectivity index (χ2v) is 6.73. The monoisotopic (exact) mass is 307 g/mol. The van der Waals surface area contributed by atoms with Crippen LogP contribution in [0.1, 0.15) is 32.5 Å². The van der Waals surface area contributed by atoms with Crippen molar-refractivity contribution in [1.82, 2.24) is 13.9 Å². The molecule has 0 aliphatic carbocycles. The molecule has 0 saturated carbocycles. The number of sulfonamides is 1. The van der Waals surface area contributed by atoms with Gasteiger partial charge in [0.1, 0.15) is 5.82 Å². The van der Waals surface area contributed by atoms with Gasteiger partial charge in [0.25, 0.3) is 10.0 Å². The van der Waals surface area contributed by atoms with Gasteiger partial charge in [0.2, 0.25) is 0 Å². The molecule has 0 spiro atoms. The maximum Gasteiger partial charge on any atom is 0.262 e. The van der Waals surface area contributed by atoms with Crippen molar-refractivity contribution in [2.45, 2.75) is 44.7 Å². The molecule has 0 fully saturated rings. The summed E-state index contributed by atoms with van der Waals surface area (Å²) < 4.78 is 28.5. The Morgan fingerprint density at radius 3 is 2.37 bits per heavy atom. The quantitative estimate of drug-likeness (QED) is 0.725. The van der Waals surface area contributed by atoms with E-state index >= 15 is 0 Å². The van der Waals surface area contributed by atoms with Crippen molar-refractivity contribution in [3.63, 3.8) is 0 Å². The third-order valence-corrected chi connectivity index (χ3v) is 5.31. The summed E-state index contributed by atoms with van der Waals surface area (Å²) in [6.45, 7) is 6.05. The fraction of sp³-hybridized carbons (Fsp3) is 0.750. The van der Waals surface area contributed by atoms with Gasteiger partial charge in [0, 0.05) is 31.7 Å². The van der Waals surface area contributed by atoms with Crippen LogP contribution in [0.2, 0.25) is 0 Å². The van der Waals surface area contributed by atoms with Gasteiger partial charge in [-0.25, -0.2) is 13.4 Å². The molecule has 0 aromatic carbocycles. The molecule has 0 saturated heterocycles. The topological polar surface area (TPSA) is 55.2 Å². The van der Waals surface area contributed by atoms with Gasteiger partial charge in [-0.2, -0.15) is 4.31 Å². The van der Waals surface area contributed by atoms with Gasteiger partial charge >= 0.3 is 0 Å². The number of hydrogen-bond acceptors (Lipinski definition) is 3. The van der Waals surface area contributed by atoms with Gasteiger partial charge < -0.3 is 4.57 Å². The minimum absolute atomic E-state index is 0.0361. The number of alkyl halides is 1. The third kappa shape index (κ3) is 3.49. The highest BCUT2D eigenvalue weighted by Gasteiger charge is 2.31. The molecule has 110 valence electrons. The summed E-state index contributed by atoms with van der Waals surface area (Å²) >= 11 is 5.75. The number of halogens is 1.